The number of benzene rings is 9. The predicted molar refractivity (Wildman–Crippen MR) is 226 cm³/mol. The van der Waals surface area contributed by atoms with Gasteiger partial charge in [0, 0.05) is 38.2 Å². The molecule has 0 unspecified atom stereocenters. The lowest BCUT2D eigenvalue weighted by molar-refractivity contribution is 1.01. The number of hydrogen-bond acceptors (Lipinski definition) is 2. The highest BCUT2D eigenvalue weighted by Crippen LogP contribution is 2.38. The fourth-order valence-electron chi connectivity index (χ4n) is 8.79. The first kappa shape index (κ1) is 29.3. The SMILES string of the molecule is c1ccc2c(c1)ccc1ccc(-c3nc(-n4c5ccccc5c5cc6ccc(-n7c8ccccc8c8ccccc87)cc6cc54)nc4ccccc34)cc12. The van der Waals surface area contributed by atoms with Gasteiger partial charge in [0.2, 0.25) is 5.95 Å². The molecule has 0 spiro atoms. The molecule has 54 heavy (non-hydrogen) atoms. The molecule has 250 valence electrons. The summed E-state index contributed by atoms with van der Waals surface area (Å²) in [5.74, 6) is 0.658. The summed E-state index contributed by atoms with van der Waals surface area (Å²) in [4.78, 5) is 10.7. The second-order valence-electron chi connectivity index (χ2n) is 14.2. The number of fused-ring (bicyclic) bond motifs is 11. The summed E-state index contributed by atoms with van der Waals surface area (Å²) in [6, 6.07) is 65.6. The minimum Gasteiger partial charge on any atom is -0.309 e. The molecule has 0 saturated heterocycles. The smallest absolute Gasteiger partial charge is 0.235 e. The van der Waals surface area contributed by atoms with Crippen LogP contribution in [0.1, 0.15) is 0 Å². The van der Waals surface area contributed by atoms with Crippen LogP contribution in [-0.4, -0.2) is 19.1 Å². The third-order valence-corrected chi connectivity index (χ3v) is 11.3. The average molecular weight is 687 g/mol. The molecule has 0 radical (unpaired) electrons. The third-order valence-electron chi connectivity index (χ3n) is 11.3. The second kappa shape index (κ2) is 11.1. The molecule has 0 amide bonds. The number of hydrogen-bond donors (Lipinski definition) is 0. The number of rotatable bonds is 3. The van der Waals surface area contributed by atoms with E-state index in [1.807, 2.05) is 0 Å². The van der Waals surface area contributed by atoms with Gasteiger partial charge in [-0.15, -0.1) is 0 Å². The summed E-state index contributed by atoms with van der Waals surface area (Å²) in [5.41, 5.74) is 8.60. The first-order valence-corrected chi connectivity index (χ1v) is 18.4. The van der Waals surface area contributed by atoms with Crippen LogP contribution in [0.3, 0.4) is 0 Å². The van der Waals surface area contributed by atoms with Crippen molar-refractivity contribution in [3.63, 3.8) is 0 Å². The molecule has 0 aliphatic heterocycles. The Morgan fingerprint density at radius 3 is 1.65 bits per heavy atom. The Kier molecular flexibility index (Phi) is 6.02. The van der Waals surface area contributed by atoms with Gasteiger partial charge in [-0.05, 0) is 86.9 Å². The van der Waals surface area contributed by atoms with Crippen molar-refractivity contribution in [2.45, 2.75) is 0 Å². The van der Waals surface area contributed by atoms with Crippen molar-refractivity contribution in [3.05, 3.63) is 182 Å². The molecule has 3 aromatic heterocycles. The molecule has 0 N–H and O–H groups in total. The maximum absolute atomic E-state index is 5.46. The molecule has 3 heterocycles. The van der Waals surface area contributed by atoms with E-state index in [9.17, 15) is 0 Å². The van der Waals surface area contributed by atoms with E-state index in [1.54, 1.807) is 0 Å². The largest absolute Gasteiger partial charge is 0.309 e. The van der Waals surface area contributed by atoms with Crippen LogP contribution < -0.4 is 0 Å². The molecule has 0 bridgehead atoms. The zero-order chi connectivity index (χ0) is 35.3. The summed E-state index contributed by atoms with van der Waals surface area (Å²) in [7, 11) is 0. The van der Waals surface area contributed by atoms with Crippen molar-refractivity contribution in [2.24, 2.45) is 0 Å². The second-order valence-corrected chi connectivity index (χ2v) is 14.2. The van der Waals surface area contributed by atoms with E-state index in [2.05, 4.69) is 191 Å². The van der Waals surface area contributed by atoms with Crippen LogP contribution in [-0.2, 0) is 0 Å². The van der Waals surface area contributed by atoms with Gasteiger partial charge >= 0.3 is 0 Å². The van der Waals surface area contributed by atoms with E-state index in [0.29, 0.717) is 5.95 Å². The number of aromatic nitrogens is 4. The van der Waals surface area contributed by atoms with E-state index in [0.717, 1.165) is 44.3 Å². The molecule has 4 nitrogen and oxygen atoms in total. The molecular weight excluding hydrogens is 657 g/mol. The lowest BCUT2D eigenvalue weighted by Crippen LogP contribution is -2.03. The van der Waals surface area contributed by atoms with Gasteiger partial charge < -0.3 is 4.57 Å². The van der Waals surface area contributed by atoms with Crippen LogP contribution in [0.4, 0.5) is 0 Å². The topological polar surface area (TPSA) is 35.6 Å². The minimum absolute atomic E-state index is 0.658. The van der Waals surface area contributed by atoms with Crippen molar-refractivity contribution in [3.8, 4) is 22.9 Å². The first-order chi connectivity index (χ1) is 26.8. The fraction of sp³-hybridized carbons (Fsp3) is 0. The van der Waals surface area contributed by atoms with Crippen molar-refractivity contribution in [1.29, 1.82) is 0 Å². The van der Waals surface area contributed by atoms with Gasteiger partial charge in [-0.2, -0.15) is 0 Å². The van der Waals surface area contributed by atoms with Gasteiger partial charge in [0.25, 0.3) is 0 Å². The van der Waals surface area contributed by atoms with Gasteiger partial charge in [-0.3, -0.25) is 4.57 Å². The first-order valence-electron chi connectivity index (χ1n) is 18.4. The Bertz CT molecular complexity index is 3460. The highest BCUT2D eigenvalue weighted by atomic mass is 15.2. The maximum Gasteiger partial charge on any atom is 0.235 e. The van der Waals surface area contributed by atoms with Crippen molar-refractivity contribution < 1.29 is 0 Å². The van der Waals surface area contributed by atoms with Crippen LogP contribution in [0.2, 0.25) is 0 Å². The van der Waals surface area contributed by atoms with Crippen LogP contribution in [0.5, 0.6) is 0 Å². The molecule has 9 aromatic carbocycles. The van der Waals surface area contributed by atoms with Gasteiger partial charge in [0.1, 0.15) is 0 Å². The molecule has 12 rings (SSSR count). The molecule has 0 saturated carbocycles. The monoisotopic (exact) mass is 686 g/mol. The van der Waals surface area contributed by atoms with Gasteiger partial charge in [0.05, 0.1) is 33.3 Å². The van der Waals surface area contributed by atoms with E-state index in [4.69, 9.17) is 9.97 Å². The third kappa shape index (κ3) is 4.19. The van der Waals surface area contributed by atoms with Crippen LogP contribution in [0.25, 0.3) is 110 Å². The Labute approximate surface area is 309 Å². The lowest BCUT2D eigenvalue weighted by Gasteiger charge is -2.13. The average Bonchev–Trinajstić information content (AvgIpc) is 3.74. The molecule has 12 aromatic rings. The zero-order valence-electron chi connectivity index (χ0n) is 29.1. The normalized spacial score (nSPS) is 12.1. The highest BCUT2D eigenvalue weighted by molar-refractivity contribution is 6.15. The van der Waals surface area contributed by atoms with Crippen LogP contribution in [0.15, 0.2) is 182 Å². The Morgan fingerprint density at radius 1 is 0.315 bits per heavy atom. The number of nitrogens with zero attached hydrogens (tertiary/aromatic N) is 4. The Hall–Kier alpha value is -7.30. The lowest BCUT2D eigenvalue weighted by atomic mass is 9.98. The Balaban J connectivity index is 1.12. The van der Waals surface area contributed by atoms with Crippen molar-refractivity contribution in [2.75, 3.05) is 0 Å². The molecule has 0 aliphatic rings. The maximum atomic E-state index is 5.46. The van der Waals surface area contributed by atoms with Gasteiger partial charge in [0.15, 0.2) is 0 Å². The van der Waals surface area contributed by atoms with Gasteiger partial charge in [-0.1, -0.05) is 127 Å². The molecular formula is C50H30N4. The highest BCUT2D eigenvalue weighted by Gasteiger charge is 2.19. The van der Waals surface area contributed by atoms with E-state index < -0.39 is 0 Å². The quantitative estimate of drug-likeness (QED) is 0.173. The summed E-state index contributed by atoms with van der Waals surface area (Å²) in [6.45, 7) is 0. The number of para-hydroxylation sites is 4. The molecule has 0 atom stereocenters. The molecule has 0 aliphatic carbocycles. The van der Waals surface area contributed by atoms with Crippen LogP contribution in [0, 0.1) is 0 Å². The fourth-order valence-corrected chi connectivity index (χ4v) is 8.79. The standard InChI is InChI=1S/C50H30N4/c1-2-12-37-31(11-1)21-22-32-23-24-34(29-42(32)37)49-41-16-3-7-17-44(41)51-50(52-49)54-47-20-10-6-15-40(47)43-28-33-25-26-36(27-35(33)30-48(43)54)53-45-18-8-4-13-38(45)39-14-5-9-19-46(39)53/h1-30H. The van der Waals surface area contributed by atoms with Gasteiger partial charge in [-0.25, -0.2) is 9.97 Å². The molecule has 0 fully saturated rings. The van der Waals surface area contributed by atoms with Crippen LogP contribution >= 0.6 is 0 Å². The van der Waals surface area contributed by atoms with Crippen molar-refractivity contribution in [1.82, 2.24) is 19.1 Å². The summed E-state index contributed by atoms with van der Waals surface area (Å²) < 4.78 is 4.64. The summed E-state index contributed by atoms with van der Waals surface area (Å²) >= 11 is 0. The van der Waals surface area contributed by atoms with E-state index in [1.165, 1.54) is 59.5 Å². The zero-order valence-corrected chi connectivity index (χ0v) is 29.1. The summed E-state index contributed by atoms with van der Waals surface area (Å²) in [5, 5.41) is 13.2. The predicted octanol–water partition coefficient (Wildman–Crippen LogP) is 13.0. The molecule has 4 heteroatoms. The van der Waals surface area contributed by atoms with Crippen molar-refractivity contribution >= 4 is 86.8 Å². The van der Waals surface area contributed by atoms with E-state index in [-0.39, 0.29) is 0 Å². The minimum atomic E-state index is 0.658. The summed E-state index contributed by atoms with van der Waals surface area (Å²) in [6.07, 6.45) is 0. The van der Waals surface area contributed by atoms with E-state index >= 15 is 0 Å². The Morgan fingerprint density at radius 2 is 0.889 bits per heavy atom.